The van der Waals surface area contributed by atoms with Gasteiger partial charge >= 0.3 is 6.18 Å². The second-order valence-corrected chi connectivity index (χ2v) is 5.03. The third kappa shape index (κ3) is 4.19. The monoisotopic (exact) mass is 302 g/mol. The van der Waals surface area contributed by atoms with Crippen molar-refractivity contribution in [2.75, 3.05) is 0 Å². The Bertz CT molecular complexity index is 509. The van der Waals surface area contributed by atoms with Gasteiger partial charge in [-0.2, -0.15) is 13.2 Å². The van der Waals surface area contributed by atoms with E-state index in [2.05, 4.69) is 10.6 Å². The molecule has 1 aromatic carbocycles. The highest BCUT2D eigenvalue weighted by atomic mass is 32.1. The molecule has 0 bridgehead atoms. The minimum atomic E-state index is -4.35. The van der Waals surface area contributed by atoms with E-state index in [4.69, 9.17) is 12.2 Å². The molecule has 1 aliphatic carbocycles. The Morgan fingerprint density at radius 1 is 1.25 bits per heavy atom. The van der Waals surface area contributed by atoms with E-state index in [1.807, 2.05) is 0 Å². The van der Waals surface area contributed by atoms with Gasteiger partial charge in [0.05, 0.1) is 5.56 Å². The van der Waals surface area contributed by atoms with Gasteiger partial charge in [-0.25, -0.2) is 0 Å². The molecule has 1 aliphatic rings. The number of halogens is 3. The van der Waals surface area contributed by atoms with Crippen LogP contribution in [0.1, 0.15) is 24.0 Å². The molecule has 0 aromatic heterocycles. The average molecular weight is 302 g/mol. The van der Waals surface area contributed by atoms with Crippen molar-refractivity contribution in [3.63, 3.8) is 0 Å². The highest BCUT2D eigenvalue weighted by Gasteiger charge is 2.30. The molecule has 1 aromatic rings. The van der Waals surface area contributed by atoms with Gasteiger partial charge in [0, 0.05) is 12.6 Å². The highest BCUT2D eigenvalue weighted by Crippen LogP contribution is 2.29. The zero-order valence-corrected chi connectivity index (χ0v) is 11.3. The molecule has 0 atom stereocenters. The maximum Gasteiger partial charge on any atom is 0.416 e. The minimum Gasteiger partial charge on any atom is -0.369 e. The predicted molar refractivity (Wildman–Crippen MR) is 72.0 cm³/mol. The summed E-state index contributed by atoms with van der Waals surface area (Å²) in [6.45, 7) is 0.142. The summed E-state index contributed by atoms with van der Waals surface area (Å²) in [5.74, 6) is -0.410. The quantitative estimate of drug-likeness (QED) is 0.843. The first-order valence-electron chi connectivity index (χ1n) is 6.11. The van der Waals surface area contributed by atoms with E-state index in [9.17, 15) is 18.0 Å². The molecule has 3 nitrogen and oxygen atoms in total. The van der Waals surface area contributed by atoms with Gasteiger partial charge < -0.3 is 10.6 Å². The first-order chi connectivity index (χ1) is 9.36. The van der Waals surface area contributed by atoms with Crippen molar-refractivity contribution < 1.29 is 18.0 Å². The number of nitrogens with one attached hydrogen (secondary N) is 2. The summed E-state index contributed by atoms with van der Waals surface area (Å²) >= 11 is 4.91. The van der Waals surface area contributed by atoms with E-state index in [-0.39, 0.29) is 11.5 Å². The van der Waals surface area contributed by atoms with Crippen LogP contribution in [0.25, 0.3) is 0 Å². The number of hydrogen-bond acceptors (Lipinski definition) is 2. The van der Waals surface area contributed by atoms with Crippen molar-refractivity contribution in [2.45, 2.75) is 31.6 Å². The number of thiocarbonyl (C=S) groups is 1. The van der Waals surface area contributed by atoms with Crippen LogP contribution in [-0.2, 0) is 17.5 Å². The Hall–Kier alpha value is -1.63. The maximum absolute atomic E-state index is 12.4. The van der Waals surface area contributed by atoms with Crippen LogP contribution in [0.2, 0.25) is 0 Å². The van der Waals surface area contributed by atoms with Gasteiger partial charge in [0.2, 0.25) is 0 Å². The zero-order chi connectivity index (χ0) is 14.8. The molecule has 1 saturated carbocycles. The topological polar surface area (TPSA) is 41.1 Å². The van der Waals surface area contributed by atoms with Crippen molar-refractivity contribution in [1.82, 2.24) is 10.6 Å². The molecule has 1 amide bonds. The van der Waals surface area contributed by atoms with Crippen molar-refractivity contribution >= 4 is 23.1 Å². The molecular formula is C13H13F3N2OS. The van der Waals surface area contributed by atoms with E-state index >= 15 is 0 Å². The fourth-order valence-electron chi connectivity index (χ4n) is 1.55. The number of amides is 1. The van der Waals surface area contributed by atoms with Crippen molar-refractivity contribution in [3.8, 4) is 0 Å². The van der Waals surface area contributed by atoms with Gasteiger partial charge in [0.1, 0.15) is 0 Å². The van der Waals surface area contributed by atoms with Gasteiger partial charge in [-0.05, 0) is 30.5 Å². The predicted octanol–water partition coefficient (Wildman–Crippen LogP) is 2.40. The molecule has 2 N–H and O–H groups in total. The van der Waals surface area contributed by atoms with E-state index < -0.39 is 17.6 Å². The van der Waals surface area contributed by atoms with Crippen molar-refractivity contribution in [1.29, 1.82) is 0 Å². The number of carbonyl (C=O) groups is 1. The van der Waals surface area contributed by atoms with Crippen LogP contribution < -0.4 is 10.6 Å². The summed E-state index contributed by atoms with van der Waals surface area (Å²) in [6, 6.07) is 4.94. The maximum atomic E-state index is 12.4. The first-order valence-corrected chi connectivity index (χ1v) is 6.52. The lowest BCUT2D eigenvalue weighted by molar-refractivity contribution is -0.137. The molecule has 20 heavy (non-hydrogen) atoms. The standard InChI is InChI=1S/C13H13F3N2OS/c14-13(15,16)9-3-1-8(2-4-9)7-17-11(19)12(20)18-10-5-6-10/h1-4,10H,5-7H2,(H,17,19)(H,18,20). The van der Waals surface area contributed by atoms with Crippen LogP contribution in [0.3, 0.4) is 0 Å². The SMILES string of the molecule is O=C(NCc1ccc(C(F)(F)F)cc1)C(=S)NC1CC1. The number of hydrogen-bond donors (Lipinski definition) is 2. The second kappa shape index (κ2) is 5.78. The molecule has 108 valence electrons. The summed E-state index contributed by atoms with van der Waals surface area (Å²) in [5, 5.41) is 5.46. The number of alkyl halides is 3. The highest BCUT2D eigenvalue weighted by molar-refractivity contribution is 7.82. The zero-order valence-electron chi connectivity index (χ0n) is 10.5. The minimum absolute atomic E-state index is 0.124. The summed E-state index contributed by atoms with van der Waals surface area (Å²) < 4.78 is 37.1. The summed E-state index contributed by atoms with van der Waals surface area (Å²) in [5.41, 5.74) is -0.126. The molecule has 0 unspecified atom stereocenters. The van der Waals surface area contributed by atoms with Gasteiger partial charge in [0.15, 0.2) is 4.99 Å². The van der Waals surface area contributed by atoms with E-state index in [1.165, 1.54) is 12.1 Å². The number of carbonyl (C=O) groups excluding carboxylic acids is 1. The van der Waals surface area contributed by atoms with E-state index in [0.717, 1.165) is 25.0 Å². The Morgan fingerprint density at radius 3 is 2.35 bits per heavy atom. The van der Waals surface area contributed by atoms with Crippen LogP contribution in [0.15, 0.2) is 24.3 Å². The molecule has 7 heteroatoms. The Balaban J connectivity index is 1.84. The van der Waals surface area contributed by atoms with Crippen LogP contribution in [0, 0.1) is 0 Å². The second-order valence-electron chi connectivity index (χ2n) is 4.63. The first kappa shape index (κ1) is 14.8. The van der Waals surface area contributed by atoms with Crippen LogP contribution in [-0.4, -0.2) is 16.9 Å². The normalized spacial score (nSPS) is 14.8. The molecule has 0 saturated heterocycles. The smallest absolute Gasteiger partial charge is 0.369 e. The van der Waals surface area contributed by atoms with E-state index in [0.29, 0.717) is 11.6 Å². The Kier molecular flexibility index (Phi) is 4.27. The van der Waals surface area contributed by atoms with Crippen molar-refractivity contribution in [3.05, 3.63) is 35.4 Å². The lowest BCUT2D eigenvalue weighted by atomic mass is 10.1. The lowest BCUT2D eigenvalue weighted by Gasteiger charge is -2.09. The Labute approximate surface area is 119 Å². The third-order valence-corrected chi connectivity index (χ3v) is 3.16. The molecule has 0 spiro atoms. The van der Waals surface area contributed by atoms with E-state index in [1.54, 1.807) is 0 Å². The molecule has 0 heterocycles. The third-order valence-electron chi connectivity index (χ3n) is 2.85. The fraction of sp³-hybridized carbons (Fsp3) is 0.385. The molecule has 2 rings (SSSR count). The van der Waals surface area contributed by atoms with Gasteiger partial charge in [-0.1, -0.05) is 24.4 Å². The van der Waals surface area contributed by atoms with Crippen molar-refractivity contribution in [2.24, 2.45) is 0 Å². The molecule has 1 fully saturated rings. The number of rotatable bonds is 3. The molecule has 0 radical (unpaired) electrons. The fourth-order valence-corrected chi connectivity index (χ4v) is 1.79. The van der Waals surface area contributed by atoms with Gasteiger partial charge in [-0.3, -0.25) is 4.79 Å². The number of benzene rings is 1. The summed E-state index contributed by atoms with van der Waals surface area (Å²) in [4.78, 5) is 11.7. The van der Waals surface area contributed by atoms with Gasteiger partial charge in [-0.15, -0.1) is 0 Å². The lowest BCUT2D eigenvalue weighted by Crippen LogP contribution is -2.39. The van der Waals surface area contributed by atoms with Crippen LogP contribution >= 0.6 is 12.2 Å². The Morgan fingerprint density at radius 2 is 1.85 bits per heavy atom. The van der Waals surface area contributed by atoms with Crippen LogP contribution in [0.5, 0.6) is 0 Å². The summed E-state index contributed by atoms with van der Waals surface area (Å²) in [7, 11) is 0. The molecule has 0 aliphatic heterocycles. The van der Waals surface area contributed by atoms with Crippen LogP contribution in [0.4, 0.5) is 13.2 Å². The molecular weight excluding hydrogens is 289 g/mol. The summed E-state index contributed by atoms with van der Waals surface area (Å²) in [6.07, 6.45) is -2.34. The largest absolute Gasteiger partial charge is 0.416 e. The average Bonchev–Trinajstić information content (AvgIpc) is 3.19. The van der Waals surface area contributed by atoms with Gasteiger partial charge in [0.25, 0.3) is 5.91 Å².